The molecule has 0 atom stereocenters. The van der Waals surface area contributed by atoms with Gasteiger partial charge in [-0.3, -0.25) is 0 Å². The minimum Gasteiger partial charge on any atom is -0.390 e. The minimum atomic E-state index is -0.210. The molecule has 0 bridgehead atoms. The van der Waals surface area contributed by atoms with Crippen LogP contribution in [0.3, 0.4) is 0 Å². The van der Waals surface area contributed by atoms with E-state index in [1.165, 1.54) is 0 Å². The first-order chi connectivity index (χ1) is 5.99. The fourth-order valence-electron chi connectivity index (χ4n) is 0.735. The third-order valence-corrected chi connectivity index (χ3v) is 2.31. The van der Waals surface area contributed by atoms with Gasteiger partial charge in [0.05, 0.1) is 10.6 Å². The predicted octanol–water partition coefficient (Wildman–Crippen LogP) is 3.29. The van der Waals surface area contributed by atoms with E-state index in [-0.39, 0.29) is 5.60 Å². The summed E-state index contributed by atoms with van der Waals surface area (Å²) in [6.07, 6.45) is 0. The normalized spacial score (nSPS) is 13.1. The van der Waals surface area contributed by atoms with E-state index >= 15 is 0 Å². The molecule has 0 aliphatic carbocycles. The molecule has 13 heavy (non-hydrogen) atoms. The molecular formula is C10H15NOS. The molecule has 0 N–H and O–H groups in total. The highest BCUT2D eigenvalue weighted by Crippen LogP contribution is 2.12. The molecule has 0 amide bonds. The van der Waals surface area contributed by atoms with Crippen LogP contribution >= 0.6 is 11.3 Å². The Morgan fingerprint density at radius 2 is 2.15 bits per heavy atom. The summed E-state index contributed by atoms with van der Waals surface area (Å²) in [5.41, 5.74) is 0.725. The second-order valence-electron chi connectivity index (χ2n) is 3.86. The van der Waals surface area contributed by atoms with Crippen LogP contribution in [0.25, 0.3) is 0 Å². The third kappa shape index (κ3) is 3.59. The van der Waals surface area contributed by atoms with Gasteiger partial charge in [0.1, 0.15) is 5.60 Å². The van der Waals surface area contributed by atoms with Gasteiger partial charge in [-0.05, 0) is 39.1 Å². The summed E-state index contributed by atoms with van der Waals surface area (Å²) < 4.78 is 0. The molecule has 1 rings (SSSR count). The van der Waals surface area contributed by atoms with Gasteiger partial charge in [0.25, 0.3) is 0 Å². The third-order valence-electron chi connectivity index (χ3n) is 1.33. The van der Waals surface area contributed by atoms with E-state index in [1.54, 1.807) is 11.3 Å². The van der Waals surface area contributed by atoms with Crippen molar-refractivity contribution in [2.45, 2.75) is 33.3 Å². The lowest BCUT2D eigenvalue weighted by Crippen LogP contribution is -2.16. The molecule has 0 spiro atoms. The summed E-state index contributed by atoms with van der Waals surface area (Å²) in [5.74, 6) is 0. The molecule has 0 aromatic carbocycles. The molecule has 0 aliphatic rings. The second kappa shape index (κ2) is 3.92. The second-order valence-corrected chi connectivity index (χ2v) is 4.81. The molecule has 0 unspecified atom stereocenters. The van der Waals surface area contributed by atoms with Crippen molar-refractivity contribution in [3.63, 3.8) is 0 Å². The maximum atomic E-state index is 5.31. The topological polar surface area (TPSA) is 21.6 Å². The van der Waals surface area contributed by atoms with Crippen molar-refractivity contribution in [1.29, 1.82) is 0 Å². The lowest BCUT2D eigenvalue weighted by atomic mass is 10.2. The molecule has 72 valence electrons. The van der Waals surface area contributed by atoms with E-state index in [2.05, 4.69) is 5.16 Å². The highest BCUT2D eigenvalue weighted by atomic mass is 32.1. The standard InChI is InChI=1S/C10H15NOS/c1-8(9-6-5-7-13-9)11-12-10(2,3)4/h5-7H,1-4H3. The Balaban J connectivity index is 2.63. The Bertz CT molecular complexity index is 282. The lowest BCUT2D eigenvalue weighted by Gasteiger charge is -2.15. The van der Waals surface area contributed by atoms with Gasteiger partial charge in [0, 0.05) is 0 Å². The quantitative estimate of drug-likeness (QED) is 0.526. The fraction of sp³-hybridized carbons (Fsp3) is 0.500. The molecule has 0 aliphatic heterocycles. The molecule has 0 saturated heterocycles. The van der Waals surface area contributed by atoms with Crippen molar-refractivity contribution >= 4 is 17.0 Å². The van der Waals surface area contributed by atoms with Crippen LogP contribution in [-0.4, -0.2) is 11.3 Å². The van der Waals surface area contributed by atoms with Crippen molar-refractivity contribution in [2.75, 3.05) is 0 Å². The average molecular weight is 197 g/mol. The van der Waals surface area contributed by atoms with Crippen molar-refractivity contribution in [3.8, 4) is 0 Å². The van der Waals surface area contributed by atoms with Crippen LogP contribution in [0, 0.1) is 0 Å². The van der Waals surface area contributed by atoms with Gasteiger partial charge >= 0.3 is 0 Å². The van der Waals surface area contributed by atoms with Crippen LogP contribution in [-0.2, 0) is 4.84 Å². The van der Waals surface area contributed by atoms with Crippen molar-refractivity contribution < 1.29 is 4.84 Å². The van der Waals surface area contributed by atoms with Gasteiger partial charge in [-0.2, -0.15) is 0 Å². The van der Waals surface area contributed by atoms with E-state index in [1.807, 2.05) is 45.2 Å². The van der Waals surface area contributed by atoms with Crippen molar-refractivity contribution in [1.82, 2.24) is 0 Å². The van der Waals surface area contributed by atoms with Crippen LogP contribution in [0.5, 0.6) is 0 Å². The Morgan fingerprint density at radius 3 is 2.62 bits per heavy atom. The lowest BCUT2D eigenvalue weighted by molar-refractivity contribution is 0.000987. The number of thiophene rings is 1. The molecule has 1 aromatic heterocycles. The number of rotatable bonds is 2. The van der Waals surface area contributed by atoms with Gasteiger partial charge in [-0.1, -0.05) is 11.2 Å². The van der Waals surface area contributed by atoms with Crippen LogP contribution in [0.4, 0.5) is 0 Å². The number of oxime groups is 1. The maximum Gasteiger partial charge on any atom is 0.129 e. The smallest absolute Gasteiger partial charge is 0.129 e. The van der Waals surface area contributed by atoms with Gasteiger partial charge in [0.15, 0.2) is 0 Å². The molecule has 2 nitrogen and oxygen atoms in total. The zero-order valence-electron chi connectivity index (χ0n) is 8.50. The fourth-order valence-corrected chi connectivity index (χ4v) is 1.40. The Kier molecular flexibility index (Phi) is 3.09. The van der Waals surface area contributed by atoms with E-state index in [9.17, 15) is 0 Å². The average Bonchev–Trinajstić information content (AvgIpc) is 2.50. The van der Waals surface area contributed by atoms with Gasteiger partial charge in [-0.15, -0.1) is 11.3 Å². The van der Waals surface area contributed by atoms with Gasteiger partial charge in [0.2, 0.25) is 0 Å². The summed E-state index contributed by atoms with van der Waals surface area (Å²) in [6, 6.07) is 4.05. The van der Waals surface area contributed by atoms with E-state index in [4.69, 9.17) is 4.84 Å². The Hall–Kier alpha value is -0.830. The molecule has 1 heterocycles. The molecule has 1 aromatic rings. The first-order valence-electron chi connectivity index (χ1n) is 4.26. The molecule has 0 radical (unpaired) electrons. The number of hydrogen-bond acceptors (Lipinski definition) is 3. The molecule has 0 fully saturated rings. The molecular weight excluding hydrogens is 182 g/mol. The van der Waals surface area contributed by atoms with Crippen LogP contribution in [0.1, 0.15) is 32.6 Å². The Morgan fingerprint density at radius 1 is 1.46 bits per heavy atom. The first-order valence-corrected chi connectivity index (χ1v) is 5.14. The van der Waals surface area contributed by atoms with Crippen LogP contribution < -0.4 is 0 Å². The maximum absolute atomic E-state index is 5.31. The van der Waals surface area contributed by atoms with Crippen LogP contribution in [0.15, 0.2) is 22.7 Å². The summed E-state index contributed by atoms with van der Waals surface area (Å²) >= 11 is 1.67. The predicted molar refractivity (Wildman–Crippen MR) is 57.4 cm³/mol. The van der Waals surface area contributed by atoms with Gasteiger partial charge < -0.3 is 4.84 Å². The zero-order valence-corrected chi connectivity index (χ0v) is 9.31. The Labute approximate surface area is 83.2 Å². The van der Waals surface area contributed by atoms with Crippen molar-refractivity contribution in [2.24, 2.45) is 5.16 Å². The van der Waals surface area contributed by atoms with Crippen LogP contribution in [0.2, 0.25) is 0 Å². The van der Waals surface area contributed by atoms with E-state index < -0.39 is 0 Å². The van der Waals surface area contributed by atoms with Crippen molar-refractivity contribution in [3.05, 3.63) is 22.4 Å². The SMILES string of the molecule is CC(=NOC(C)(C)C)c1cccs1. The summed E-state index contributed by atoms with van der Waals surface area (Å²) in [5, 5.41) is 6.10. The highest BCUT2D eigenvalue weighted by molar-refractivity contribution is 7.12. The summed E-state index contributed by atoms with van der Waals surface area (Å²) in [6.45, 7) is 7.91. The highest BCUT2D eigenvalue weighted by Gasteiger charge is 2.10. The number of nitrogens with zero attached hydrogens (tertiary/aromatic N) is 1. The zero-order chi connectivity index (χ0) is 9.90. The van der Waals surface area contributed by atoms with E-state index in [0.717, 1.165) is 10.6 Å². The molecule has 0 saturated carbocycles. The minimum absolute atomic E-state index is 0.210. The number of hydrogen-bond donors (Lipinski definition) is 0. The largest absolute Gasteiger partial charge is 0.390 e. The van der Waals surface area contributed by atoms with E-state index in [0.29, 0.717) is 0 Å². The molecule has 3 heteroatoms. The summed E-state index contributed by atoms with van der Waals surface area (Å²) in [4.78, 5) is 6.47. The monoisotopic (exact) mass is 197 g/mol. The summed E-state index contributed by atoms with van der Waals surface area (Å²) in [7, 11) is 0. The van der Waals surface area contributed by atoms with Gasteiger partial charge in [-0.25, -0.2) is 0 Å². The first kappa shape index (κ1) is 10.3.